The number of hydrogen-bond acceptors (Lipinski definition) is 6. The number of benzene rings is 1. The molecule has 0 N–H and O–H groups in total. The van der Waals surface area contributed by atoms with Crippen molar-refractivity contribution in [3.63, 3.8) is 0 Å². The fourth-order valence-electron chi connectivity index (χ4n) is 3.31. The Hall–Kier alpha value is -2.28. The number of thiazole rings is 1. The van der Waals surface area contributed by atoms with E-state index < -0.39 is 11.4 Å². The molecular formula is C19H20FNO4S. The molecule has 0 bridgehead atoms. The number of aromatic nitrogens is 1. The highest BCUT2D eigenvalue weighted by Gasteiger charge is 2.44. The van der Waals surface area contributed by atoms with Crippen LogP contribution in [0.1, 0.15) is 53.7 Å². The average molecular weight is 377 g/mol. The molecule has 5 nitrogen and oxygen atoms in total. The van der Waals surface area contributed by atoms with Crippen molar-refractivity contribution in [3.05, 3.63) is 51.7 Å². The van der Waals surface area contributed by atoms with E-state index in [0.717, 1.165) is 24.2 Å². The molecule has 0 saturated heterocycles. The van der Waals surface area contributed by atoms with Crippen LogP contribution < -0.4 is 0 Å². The van der Waals surface area contributed by atoms with Crippen LogP contribution in [0.2, 0.25) is 0 Å². The fourth-order valence-corrected chi connectivity index (χ4v) is 4.01. The minimum absolute atomic E-state index is 0.0220. The summed E-state index contributed by atoms with van der Waals surface area (Å²) in [5.74, 6) is -1.21. The van der Waals surface area contributed by atoms with Gasteiger partial charge < -0.3 is 9.47 Å². The van der Waals surface area contributed by atoms with Gasteiger partial charge in [0.1, 0.15) is 12.4 Å². The highest BCUT2D eigenvalue weighted by Crippen LogP contribution is 2.42. The predicted octanol–water partition coefficient (Wildman–Crippen LogP) is 4.01. The normalized spacial score (nSPS) is 15.6. The molecule has 0 atom stereocenters. The Balaban J connectivity index is 1.71. The summed E-state index contributed by atoms with van der Waals surface area (Å²) >= 11 is 1.15. The molecule has 0 unspecified atom stereocenters. The molecule has 1 aliphatic carbocycles. The summed E-state index contributed by atoms with van der Waals surface area (Å²) in [4.78, 5) is 28.6. The van der Waals surface area contributed by atoms with Gasteiger partial charge in [-0.25, -0.2) is 14.2 Å². The zero-order chi connectivity index (χ0) is 18.6. The smallest absolute Gasteiger partial charge is 0.367 e. The molecule has 0 spiro atoms. The van der Waals surface area contributed by atoms with Gasteiger partial charge in [0.25, 0.3) is 0 Å². The Morgan fingerprint density at radius 1 is 1.27 bits per heavy atom. The lowest BCUT2D eigenvalue weighted by atomic mass is 9.79. The number of halogens is 1. The maximum atomic E-state index is 13.6. The molecule has 138 valence electrons. The van der Waals surface area contributed by atoms with Crippen LogP contribution in [0.25, 0.3) is 0 Å². The first-order valence-corrected chi connectivity index (χ1v) is 9.48. The van der Waals surface area contributed by atoms with Crippen molar-refractivity contribution < 1.29 is 23.5 Å². The van der Waals surface area contributed by atoms with Crippen LogP contribution in [-0.2, 0) is 26.3 Å². The van der Waals surface area contributed by atoms with Crippen molar-refractivity contribution in [2.24, 2.45) is 0 Å². The van der Waals surface area contributed by atoms with Crippen LogP contribution in [0.3, 0.4) is 0 Å². The second kappa shape index (κ2) is 7.95. The number of rotatable bonds is 6. The van der Waals surface area contributed by atoms with E-state index >= 15 is 0 Å². The van der Waals surface area contributed by atoms with Gasteiger partial charge in [-0.3, -0.25) is 4.79 Å². The standard InChI is InChI=1S/C19H20FNO4S/c1-2-24-17(22)16-21-15(12-26-16)11-25-18(23)19(8-3-4-9-19)13-6-5-7-14(20)10-13/h5-7,10,12H,2-4,8-9,11H2,1H3. The minimum Gasteiger partial charge on any atom is -0.461 e. The van der Waals surface area contributed by atoms with E-state index in [9.17, 15) is 14.0 Å². The summed E-state index contributed by atoms with van der Waals surface area (Å²) in [6.07, 6.45) is 3.07. The maximum Gasteiger partial charge on any atom is 0.367 e. The van der Waals surface area contributed by atoms with Crippen LogP contribution in [0, 0.1) is 5.82 Å². The number of ether oxygens (including phenoxy) is 2. The summed E-state index contributed by atoms with van der Waals surface area (Å²) in [7, 11) is 0. The third kappa shape index (κ3) is 3.77. The first-order chi connectivity index (χ1) is 12.5. The average Bonchev–Trinajstić information content (AvgIpc) is 3.30. The van der Waals surface area contributed by atoms with E-state index in [2.05, 4.69) is 4.98 Å². The molecule has 1 aromatic carbocycles. The third-order valence-electron chi connectivity index (χ3n) is 4.58. The largest absolute Gasteiger partial charge is 0.461 e. The lowest BCUT2D eigenvalue weighted by molar-refractivity contribution is -0.152. The molecular weight excluding hydrogens is 357 g/mol. The van der Waals surface area contributed by atoms with E-state index in [1.165, 1.54) is 12.1 Å². The van der Waals surface area contributed by atoms with Crippen LogP contribution in [0.4, 0.5) is 4.39 Å². The molecule has 7 heteroatoms. The van der Waals surface area contributed by atoms with Gasteiger partial charge >= 0.3 is 11.9 Å². The summed E-state index contributed by atoms with van der Waals surface area (Å²) in [5, 5.41) is 1.90. The summed E-state index contributed by atoms with van der Waals surface area (Å²) < 4.78 is 24.0. The topological polar surface area (TPSA) is 65.5 Å². The van der Waals surface area contributed by atoms with Crippen LogP contribution in [-0.4, -0.2) is 23.5 Å². The van der Waals surface area contributed by atoms with Gasteiger partial charge in [0.15, 0.2) is 0 Å². The quantitative estimate of drug-likeness (QED) is 0.712. The van der Waals surface area contributed by atoms with E-state index in [1.54, 1.807) is 24.4 Å². The summed E-state index contributed by atoms with van der Waals surface area (Å²) in [6.45, 7) is 1.98. The first-order valence-electron chi connectivity index (χ1n) is 8.60. The molecule has 1 fully saturated rings. The van der Waals surface area contributed by atoms with Gasteiger partial charge in [0.05, 0.1) is 17.7 Å². The molecule has 0 amide bonds. The molecule has 0 aliphatic heterocycles. The number of carbonyl (C=O) groups is 2. The Morgan fingerprint density at radius 3 is 2.73 bits per heavy atom. The monoisotopic (exact) mass is 377 g/mol. The molecule has 1 aliphatic rings. The number of carbonyl (C=O) groups excluding carboxylic acids is 2. The van der Waals surface area contributed by atoms with Crippen LogP contribution >= 0.6 is 11.3 Å². The van der Waals surface area contributed by atoms with Crippen LogP contribution in [0.15, 0.2) is 29.6 Å². The van der Waals surface area contributed by atoms with Crippen molar-refractivity contribution in [1.82, 2.24) is 4.98 Å². The van der Waals surface area contributed by atoms with Gasteiger partial charge in [0.2, 0.25) is 5.01 Å². The molecule has 1 heterocycles. The van der Waals surface area contributed by atoms with Gasteiger partial charge in [-0.1, -0.05) is 25.0 Å². The third-order valence-corrected chi connectivity index (χ3v) is 5.45. The van der Waals surface area contributed by atoms with E-state index in [1.807, 2.05) is 0 Å². The number of hydrogen-bond donors (Lipinski definition) is 0. The Morgan fingerprint density at radius 2 is 2.04 bits per heavy atom. The van der Waals surface area contributed by atoms with Crippen molar-refractivity contribution in [3.8, 4) is 0 Å². The molecule has 0 radical (unpaired) electrons. The Bertz CT molecular complexity index is 798. The number of nitrogens with zero attached hydrogens (tertiary/aromatic N) is 1. The zero-order valence-electron chi connectivity index (χ0n) is 14.5. The Labute approximate surface area is 155 Å². The molecule has 3 rings (SSSR count). The van der Waals surface area contributed by atoms with E-state index in [4.69, 9.17) is 9.47 Å². The summed E-state index contributed by atoms with van der Waals surface area (Å²) in [6, 6.07) is 6.17. The zero-order valence-corrected chi connectivity index (χ0v) is 15.3. The van der Waals surface area contributed by atoms with Gasteiger partial charge in [-0.05, 0) is 37.5 Å². The highest BCUT2D eigenvalue weighted by atomic mass is 32.1. The Kier molecular flexibility index (Phi) is 5.66. The van der Waals surface area contributed by atoms with Crippen LogP contribution in [0.5, 0.6) is 0 Å². The fraction of sp³-hybridized carbons (Fsp3) is 0.421. The van der Waals surface area contributed by atoms with Crippen molar-refractivity contribution in [1.29, 1.82) is 0 Å². The second-order valence-corrected chi connectivity index (χ2v) is 7.10. The predicted molar refractivity (Wildman–Crippen MR) is 94.4 cm³/mol. The van der Waals surface area contributed by atoms with Gasteiger partial charge in [0, 0.05) is 5.38 Å². The van der Waals surface area contributed by atoms with E-state index in [0.29, 0.717) is 24.1 Å². The van der Waals surface area contributed by atoms with E-state index in [-0.39, 0.29) is 30.0 Å². The second-order valence-electron chi connectivity index (χ2n) is 6.24. The minimum atomic E-state index is -0.803. The maximum absolute atomic E-state index is 13.6. The van der Waals surface area contributed by atoms with Crippen molar-refractivity contribution in [2.75, 3.05) is 6.61 Å². The molecule has 26 heavy (non-hydrogen) atoms. The number of esters is 2. The molecule has 1 saturated carbocycles. The molecule has 1 aromatic heterocycles. The van der Waals surface area contributed by atoms with Gasteiger partial charge in [-0.15, -0.1) is 11.3 Å². The van der Waals surface area contributed by atoms with Crippen molar-refractivity contribution >= 4 is 23.3 Å². The SMILES string of the molecule is CCOC(=O)c1nc(COC(=O)C2(c3cccc(F)c3)CCCC2)cs1. The molecule has 2 aromatic rings. The van der Waals surface area contributed by atoms with Gasteiger partial charge in [-0.2, -0.15) is 0 Å². The first kappa shape index (κ1) is 18.5. The lowest BCUT2D eigenvalue weighted by Gasteiger charge is -2.27. The highest BCUT2D eigenvalue weighted by molar-refractivity contribution is 7.11. The van der Waals surface area contributed by atoms with Crippen molar-refractivity contribution in [2.45, 2.75) is 44.6 Å². The summed E-state index contributed by atoms with van der Waals surface area (Å²) in [5.41, 5.74) is 0.353. The lowest BCUT2D eigenvalue weighted by Crippen LogP contribution is -2.34.